The minimum Gasteiger partial charge on any atom is -0.512 e. The number of benzene rings is 2. The molecule has 1 aliphatic heterocycles. The zero-order valence-electron chi connectivity index (χ0n) is 15.7. The number of hydrogen-bond acceptors (Lipinski definition) is 8. The van der Waals surface area contributed by atoms with E-state index in [9.17, 15) is 20.1 Å². The Morgan fingerprint density at radius 1 is 0.897 bits per heavy atom. The van der Waals surface area contributed by atoms with E-state index in [1.807, 2.05) is 0 Å². The van der Waals surface area contributed by atoms with Gasteiger partial charge in [-0.2, -0.15) is 0 Å². The van der Waals surface area contributed by atoms with Crippen LogP contribution in [-0.2, 0) is 9.53 Å². The zero-order valence-corrected chi connectivity index (χ0v) is 15.7. The Kier molecular flexibility index (Phi) is 4.71. The van der Waals surface area contributed by atoms with E-state index in [4.69, 9.17) is 18.9 Å². The van der Waals surface area contributed by atoms with Gasteiger partial charge in [-0.3, -0.25) is 4.79 Å². The van der Waals surface area contributed by atoms with Crippen molar-refractivity contribution in [3.8, 4) is 28.7 Å². The first-order valence-electron chi connectivity index (χ1n) is 8.93. The monoisotopic (exact) mass is 400 g/mol. The molecule has 29 heavy (non-hydrogen) atoms. The van der Waals surface area contributed by atoms with Crippen LogP contribution in [0.25, 0.3) is 0 Å². The molecule has 1 fully saturated rings. The fourth-order valence-corrected chi connectivity index (χ4v) is 3.78. The highest BCUT2D eigenvalue weighted by atomic mass is 16.7. The fraction of sp³-hybridized carbons (Fsp3) is 0.286. The molecule has 1 saturated heterocycles. The lowest BCUT2D eigenvalue weighted by Crippen LogP contribution is -2.26. The number of methoxy groups -OCH3 is 2. The number of aromatic hydroxyl groups is 2. The SMILES string of the molecule is COc1cc(OC2OC(c3ccc(O)c(OC)c3)C3C(=O)C=C(O)C23)ccc1O. The van der Waals surface area contributed by atoms with Crippen molar-refractivity contribution in [2.75, 3.05) is 14.2 Å². The van der Waals surface area contributed by atoms with E-state index >= 15 is 0 Å². The van der Waals surface area contributed by atoms with Gasteiger partial charge >= 0.3 is 0 Å². The van der Waals surface area contributed by atoms with Gasteiger partial charge in [-0.15, -0.1) is 0 Å². The molecular weight excluding hydrogens is 380 g/mol. The standard InChI is InChI=1S/C21H20O8/c1-26-16-7-10(3-5-12(16)22)20-18-14(24)9-15(25)19(18)21(29-20)28-11-4-6-13(23)17(8-11)27-2/h3-9,18-23,25H,1-2H3. The lowest BCUT2D eigenvalue weighted by Gasteiger charge is -2.19. The summed E-state index contributed by atoms with van der Waals surface area (Å²) in [6, 6.07) is 9.11. The van der Waals surface area contributed by atoms with Crippen molar-refractivity contribution < 1.29 is 39.1 Å². The summed E-state index contributed by atoms with van der Waals surface area (Å²) in [5.74, 6) is -0.994. The summed E-state index contributed by atoms with van der Waals surface area (Å²) in [5, 5.41) is 29.9. The summed E-state index contributed by atoms with van der Waals surface area (Å²) in [5.41, 5.74) is 0.612. The molecule has 152 valence electrons. The predicted octanol–water partition coefficient (Wildman–Crippen LogP) is 2.85. The molecule has 0 radical (unpaired) electrons. The Morgan fingerprint density at radius 2 is 1.55 bits per heavy atom. The Morgan fingerprint density at radius 3 is 2.24 bits per heavy atom. The molecule has 8 nitrogen and oxygen atoms in total. The molecular formula is C21H20O8. The van der Waals surface area contributed by atoms with Crippen molar-refractivity contribution >= 4 is 5.78 Å². The van der Waals surface area contributed by atoms with Crippen LogP contribution in [0.3, 0.4) is 0 Å². The van der Waals surface area contributed by atoms with Gasteiger partial charge in [-0.1, -0.05) is 6.07 Å². The molecule has 4 atom stereocenters. The molecule has 0 saturated carbocycles. The molecule has 1 aliphatic carbocycles. The molecule has 3 N–H and O–H groups in total. The van der Waals surface area contributed by atoms with Crippen LogP contribution in [0.4, 0.5) is 0 Å². The first kappa shape index (κ1) is 18.9. The van der Waals surface area contributed by atoms with Crippen molar-refractivity contribution in [2.45, 2.75) is 12.4 Å². The van der Waals surface area contributed by atoms with Crippen molar-refractivity contribution in [3.63, 3.8) is 0 Å². The highest BCUT2D eigenvalue weighted by Gasteiger charge is 2.55. The molecule has 1 heterocycles. The molecule has 2 aromatic carbocycles. The van der Waals surface area contributed by atoms with Crippen LogP contribution < -0.4 is 14.2 Å². The van der Waals surface area contributed by atoms with Gasteiger partial charge in [0.15, 0.2) is 28.8 Å². The number of ketones is 1. The van der Waals surface area contributed by atoms with Gasteiger partial charge in [0.25, 0.3) is 0 Å². The second-order valence-corrected chi connectivity index (χ2v) is 6.83. The highest BCUT2D eigenvalue weighted by Crippen LogP contribution is 2.50. The summed E-state index contributed by atoms with van der Waals surface area (Å²) in [7, 11) is 2.84. The first-order chi connectivity index (χ1) is 13.9. The second kappa shape index (κ2) is 7.21. The van der Waals surface area contributed by atoms with E-state index in [0.717, 1.165) is 0 Å². The van der Waals surface area contributed by atoms with Crippen LogP contribution >= 0.6 is 0 Å². The third-order valence-corrected chi connectivity index (χ3v) is 5.18. The van der Waals surface area contributed by atoms with Gasteiger partial charge < -0.3 is 34.3 Å². The number of phenolic OH excluding ortho intramolecular Hbond substituents is 2. The summed E-state index contributed by atoms with van der Waals surface area (Å²) in [6.45, 7) is 0. The van der Waals surface area contributed by atoms with Crippen molar-refractivity contribution in [1.82, 2.24) is 0 Å². The topological polar surface area (TPSA) is 115 Å². The molecule has 2 aliphatic rings. The number of hydrogen-bond donors (Lipinski definition) is 3. The first-order valence-corrected chi connectivity index (χ1v) is 8.93. The predicted molar refractivity (Wildman–Crippen MR) is 100 cm³/mol. The van der Waals surface area contributed by atoms with Crippen LogP contribution in [-0.4, -0.2) is 41.6 Å². The summed E-state index contributed by atoms with van der Waals surface area (Å²) < 4.78 is 22.1. The van der Waals surface area contributed by atoms with E-state index in [1.165, 1.54) is 44.6 Å². The van der Waals surface area contributed by atoms with Gasteiger partial charge in [0.05, 0.1) is 32.2 Å². The maximum Gasteiger partial charge on any atom is 0.211 e. The van der Waals surface area contributed by atoms with Crippen LogP contribution in [0.5, 0.6) is 28.7 Å². The van der Waals surface area contributed by atoms with E-state index in [1.54, 1.807) is 12.1 Å². The Bertz CT molecular complexity index is 983. The van der Waals surface area contributed by atoms with Crippen molar-refractivity contribution in [3.05, 3.63) is 53.8 Å². The van der Waals surface area contributed by atoms with Gasteiger partial charge in [-0.05, 0) is 29.8 Å². The van der Waals surface area contributed by atoms with Gasteiger partial charge in [0.2, 0.25) is 6.29 Å². The molecule has 2 aromatic rings. The molecule has 4 unspecified atom stereocenters. The number of fused-ring (bicyclic) bond motifs is 1. The quantitative estimate of drug-likeness (QED) is 0.702. The van der Waals surface area contributed by atoms with E-state index in [-0.39, 0.29) is 34.5 Å². The van der Waals surface area contributed by atoms with E-state index in [2.05, 4.69) is 0 Å². The molecule has 0 bridgehead atoms. The van der Waals surface area contributed by atoms with Crippen LogP contribution in [0, 0.1) is 11.8 Å². The number of rotatable bonds is 5. The summed E-state index contributed by atoms with van der Waals surface area (Å²) in [6.07, 6.45) is -0.454. The average molecular weight is 400 g/mol. The molecule has 0 spiro atoms. The normalized spacial score (nSPS) is 25.4. The minimum atomic E-state index is -0.943. The lowest BCUT2D eigenvalue weighted by atomic mass is 9.87. The molecule has 0 amide bonds. The number of aliphatic hydroxyl groups excluding tert-OH is 1. The third kappa shape index (κ3) is 3.21. The molecule has 0 aromatic heterocycles. The van der Waals surface area contributed by atoms with Gasteiger partial charge in [-0.25, -0.2) is 0 Å². The number of aliphatic hydroxyl groups is 1. The highest BCUT2D eigenvalue weighted by molar-refractivity contribution is 5.96. The van der Waals surface area contributed by atoms with Crippen LogP contribution in [0.2, 0.25) is 0 Å². The van der Waals surface area contributed by atoms with E-state index < -0.39 is 24.2 Å². The lowest BCUT2D eigenvalue weighted by molar-refractivity contribution is -0.120. The molecule has 4 rings (SSSR count). The minimum absolute atomic E-state index is 0.0338. The second-order valence-electron chi connectivity index (χ2n) is 6.83. The number of carbonyl (C=O) groups excluding carboxylic acids is 1. The zero-order chi connectivity index (χ0) is 20.7. The smallest absolute Gasteiger partial charge is 0.211 e. The Hall–Kier alpha value is -3.39. The van der Waals surface area contributed by atoms with E-state index in [0.29, 0.717) is 11.3 Å². The third-order valence-electron chi connectivity index (χ3n) is 5.18. The van der Waals surface area contributed by atoms with Crippen LogP contribution in [0.15, 0.2) is 48.2 Å². The summed E-state index contributed by atoms with van der Waals surface area (Å²) >= 11 is 0. The Labute approximate surface area is 166 Å². The number of carbonyl (C=O) groups is 1. The maximum atomic E-state index is 12.5. The van der Waals surface area contributed by atoms with Crippen molar-refractivity contribution in [1.29, 1.82) is 0 Å². The number of ether oxygens (including phenoxy) is 4. The van der Waals surface area contributed by atoms with Crippen molar-refractivity contribution in [2.24, 2.45) is 11.8 Å². The van der Waals surface area contributed by atoms with Crippen LogP contribution in [0.1, 0.15) is 11.7 Å². The fourth-order valence-electron chi connectivity index (χ4n) is 3.78. The summed E-state index contributed by atoms with van der Waals surface area (Å²) in [4.78, 5) is 12.5. The molecule has 8 heteroatoms. The largest absolute Gasteiger partial charge is 0.512 e. The maximum absolute atomic E-state index is 12.5. The average Bonchev–Trinajstić information content (AvgIpc) is 3.22. The Balaban J connectivity index is 1.66. The van der Waals surface area contributed by atoms with Gasteiger partial charge in [0.1, 0.15) is 11.5 Å². The number of phenols is 2. The van der Waals surface area contributed by atoms with Gasteiger partial charge in [0, 0.05) is 12.1 Å². The number of allylic oxidation sites excluding steroid dienone is 1.